The molecule has 2 heterocycles. The number of benzene rings is 2. The Balaban J connectivity index is 1.29. The number of aryl methyl sites for hydroxylation is 1. The number of aromatic nitrogens is 1. The maximum absolute atomic E-state index is 13.7. The molecule has 3 aromatic rings. The number of halogens is 1. The number of nitrogens with one attached hydrogen (secondary N) is 1. The maximum atomic E-state index is 13.7. The summed E-state index contributed by atoms with van der Waals surface area (Å²) in [4.78, 5) is 27.8. The van der Waals surface area contributed by atoms with E-state index < -0.39 is 0 Å². The number of rotatable bonds is 5. The molecule has 0 unspecified atom stereocenters. The van der Waals surface area contributed by atoms with Crippen molar-refractivity contribution in [3.05, 3.63) is 76.4 Å². The number of hydrogen-bond donors (Lipinski definition) is 1. The fourth-order valence-electron chi connectivity index (χ4n) is 3.70. The third-order valence-corrected chi connectivity index (χ3v) is 6.42. The Kier molecular flexibility index (Phi) is 6.42. The molecule has 160 valence electrons. The Bertz CT molecular complexity index is 1080. The van der Waals surface area contributed by atoms with E-state index in [9.17, 15) is 14.0 Å². The lowest BCUT2D eigenvalue weighted by molar-refractivity contribution is -0.126. The van der Waals surface area contributed by atoms with E-state index in [2.05, 4.69) is 9.69 Å². The van der Waals surface area contributed by atoms with Crippen LogP contribution in [-0.4, -0.2) is 34.2 Å². The first kappa shape index (κ1) is 21.2. The van der Waals surface area contributed by atoms with Crippen molar-refractivity contribution in [1.29, 1.82) is 0 Å². The summed E-state index contributed by atoms with van der Waals surface area (Å²) in [5, 5.41) is 2.90. The maximum Gasteiger partial charge on any atom is 0.265 e. The van der Waals surface area contributed by atoms with Crippen molar-refractivity contribution in [2.24, 2.45) is 5.92 Å². The summed E-state index contributed by atoms with van der Waals surface area (Å²) in [5.41, 5.74) is 3.12. The molecule has 2 aromatic carbocycles. The number of hydrogen-bond acceptors (Lipinski definition) is 4. The molecule has 0 saturated carbocycles. The van der Waals surface area contributed by atoms with Crippen LogP contribution in [0.1, 0.15) is 33.6 Å². The second kappa shape index (κ2) is 9.39. The zero-order valence-corrected chi connectivity index (χ0v) is 18.1. The highest BCUT2D eigenvalue weighted by Gasteiger charge is 2.28. The van der Waals surface area contributed by atoms with Crippen molar-refractivity contribution >= 4 is 23.3 Å². The number of nitrogens with zero attached hydrogens (tertiary/aromatic N) is 2. The standard InChI is InChI=1S/C24H24FN3O2S/c1-16-7-8-17(13-20(16)25)15-26-23(29)19-9-11-28(12-10-19)24(30)22-14-21(27-31-22)18-5-3-2-4-6-18/h2-8,13-14,19H,9-12,15H2,1H3,(H,26,29). The highest BCUT2D eigenvalue weighted by Crippen LogP contribution is 2.25. The lowest BCUT2D eigenvalue weighted by Gasteiger charge is -2.31. The normalized spacial score (nSPS) is 14.5. The van der Waals surface area contributed by atoms with Crippen molar-refractivity contribution in [1.82, 2.24) is 14.6 Å². The molecule has 1 aromatic heterocycles. The lowest BCUT2D eigenvalue weighted by Crippen LogP contribution is -2.42. The molecule has 1 aliphatic heterocycles. The van der Waals surface area contributed by atoms with Crippen LogP contribution in [0.5, 0.6) is 0 Å². The Morgan fingerprint density at radius 3 is 2.58 bits per heavy atom. The second-order valence-corrected chi connectivity index (χ2v) is 8.62. The van der Waals surface area contributed by atoms with Gasteiger partial charge in [-0.15, -0.1) is 0 Å². The molecule has 5 nitrogen and oxygen atoms in total. The van der Waals surface area contributed by atoms with Gasteiger partial charge in [-0.05, 0) is 54.6 Å². The first-order valence-corrected chi connectivity index (χ1v) is 11.1. The van der Waals surface area contributed by atoms with Gasteiger partial charge in [0.15, 0.2) is 0 Å². The average molecular weight is 438 g/mol. The molecule has 1 fully saturated rings. The summed E-state index contributed by atoms with van der Waals surface area (Å²) >= 11 is 1.21. The van der Waals surface area contributed by atoms with Crippen LogP contribution in [0, 0.1) is 18.7 Å². The highest BCUT2D eigenvalue weighted by atomic mass is 32.1. The van der Waals surface area contributed by atoms with E-state index in [-0.39, 0.29) is 23.5 Å². The fourth-order valence-corrected chi connectivity index (χ4v) is 4.43. The smallest absolute Gasteiger partial charge is 0.265 e. The van der Waals surface area contributed by atoms with Gasteiger partial charge in [-0.1, -0.05) is 42.5 Å². The zero-order chi connectivity index (χ0) is 21.8. The average Bonchev–Trinajstić information content (AvgIpc) is 3.30. The topological polar surface area (TPSA) is 62.3 Å². The summed E-state index contributed by atoms with van der Waals surface area (Å²) in [6.07, 6.45) is 1.23. The van der Waals surface area contributed by atoms with Crippen LogP contribution in [0.2, 0.25) is 0 Å². The van der Waals surface area contributed by atoms with Gasteiger partial charge in [0.2, 0.25) is 5.91 Å². The van der Waals surface area contributed by atoms with Gasteiger partial charge in [-0.3, -0.25) is 9.59 Å². The number of piperidine rings is 1. The Labute approximate surface area is 185 Å². The van der Waals surface area contributed by atoms with Crippen LogP contribution >= 0.6 is 11.5 Å². The van der Waals surface area contributed by atoms with E-state index in [4.69, 9.17) is 0 Å². The van der Waals surface area contributed by atoms with Gasteiger partial charge in [0.05, 0.1) is 5.69 Å². The van der Waals surface area contributed by atoms with E-state index >= 15 is 0 Å². The predicted molar refractivity (Wildman–Crippen MR) is 119 cm³/mol. The third kappa shape index (κ3) is 4.99. The van der Waals surface area contributed by atoms with Crippen LogP contribution in [0.3, 0.4) is 0 Å². The summed E-state index contributed by atoms with van der Waals surface area (Å²) in [7, 11) is 0. The largest absolute Gasteiger partial charge is 0.352 e. The third-order valence-electron chi connectivity index (χ3n) is 5.65. The quantitative estimate of drug-likeness (QED) is 0.643. The van der Waals surface area contributed by atoms with Gasteiger partial charge in [0.25, 0.3) is 5.91 Å². The summed E-state index contributed by atoms with van der Waals surface area (Å²) in [6, 6.07) is 16.6. The minimum absolute atomic E-state index is 0.0336. The highest BCUT2D eigenvalue weighted by molar-refractivity contribution is 7.08. The Hall–Kier alpha value is -3.06. The Morgan fingerprint density at radius 1 is 1.13 bits per heavy atom. The Morgan fingerprint density at radius 2 is 1.87 bits per heavy atom. The molecule has 0 radical (unpaired) electrons. The SMILES string of the molecule is Cc1ccc(CNC(=O)C2CCN(C(=O)c3cc(-c4ccccc4)ns3)CC2)cc1F. The molecule has 0 bridgehead atoms. The van der Waals surface area contributed by atoms with Crippen LogP contribution in [-0.2, 0) is 11.3 Å². The lowest BCUT2D eigenvalue weighted by atomic mass is 9.95. The predicted octanol–water partition coefficient (Wildman–Crippen LogP) is 4.43. The molecule has 4 rings (SSSR count). The van der Waals surface area contributed by atoms with E-state index in [1.807, 2.05) is 42.5 Å². The molecule has 7 heteroatoms. The van der Waals surface area contributed by atoms with Gasteiger partial charge < -0.3 is 10.2 Å². The van der Waals surface area contributed by atoms with Crippen molar-refractivity contribution in [2.45, 2.75) is 26.3 Å². The van der Waals surface area contributed by atoms with Gasteiger partial charge in [0, 0.05) is 31.1 Å². The van der Waals surface area contributed by atoms with Gasteiger partial charge in [-0.25, -0.2) is 4.39 Å². The summed E-state index contributed by atoms with van der Waals surface area (Å²) in [5.74, 6) is -0.483. The monoisotopic (exact) mass is 437 g/mol. The molecule has 1 saturated heterocycles. The van der Waals surface area contributed by atoms with Crippen LogP contribution in [0.4, 0.5) is 4.39 Å². The van der Waals surface area contributed by atoms with Crippen molar-refractivity contribution < 1.29 is 14.0 Å². The van der Waals surface area contributed by atoms with Crippen molar-refractivity contribution in [2.75, 3.05) is 13.1 Å². The van der Waals surface area contributed by atoms with Crippen LogP contribution < -0.4 is 5.32 Å². The number of carbonyl (C=O) groups is 2. The second-order valence-electron chi connectivity index (χ2n) is 7.81. The molecule has 0 spiro atoms. The van der Waals surface area contributed by atoms with Crippen molar-refractivity contribution in [3.63, 3.8) is 0 Å². The first-order chi connectivity index (χ1) is 15.0. The van der Waals surface area contributed by atoms with Crippen LogP contribution in [0.15, 0.2) is 54.6 Å². The molecule has 2 amide bonds. The van der Waals surface area contributed by atoms with E-state index in [1.54, 1.807) is 17.9 Å². The minimum Gasteiger partial charge on any atom is -0.352 e. The van der Waals surface area contributed by atoms with Gasteiger partial charge >= 0.3 is 0 Å². The molecule has 1 aliphatic rings. The molecule has 0 atom stereocenters. The summed E-state index contributed by atoms with van der Waals surface area (Å²) in [6.45, 7) is 3.09. The van der Waals surface area contributed by atoms with Crippen molar-refractivity contribution in [3.8, 4) is 11.3 Å². The minimum atomic E-state index is -0.267. The number of carbonyl (C=O) groups excluding carboxylic acids is 2. The van der Waals surface area contributed by atoms with E-state index in [0.29, 0.717) is 42.9 Å². The first-order valence-electron chi connectivity index (χ1n) is 10.4. The number of amides is 2. The number of likely N-dealkylation sites (tertiary alicyclic amines) is 1. The molecule has 1 N–H and O–H groups in total. The van der Waals surface area contributed by atoms with E-state index in [1.165, 1.54) is 17.6 Å². The fraction of sp³-hybridized carbons (Fsp3) is 0.292. The van der Waals surface area contributed by atoms with Gasteiger partial charge in [0.1, 0.15) is 10.7 Å². The molecule has 0 aliphatic carbocycles. The molecular weight excluding hydrogens is 413 g/mol. The zero-order valence-electron chi connectivity index (χ0n) is 17.3. The summed E-state index contributed by atoms with van der Waals surface area (Å²) < 4.78 is 18.1. The molecule has 31 heavy (non-hydrogen) atoms. The van der Waals surface area contributed by atoms with Gasteiger partial charge in [-0.2, -0.15) is 4.37 Å². The van der Waals surface area contributed by atoms with E-state index in [0.717, 1.165) is 16.8 Å². The van der Waals surface area contributed by atoms with Crippen LogP contribution in [0.25, 0.3) is 11.3 Å². The molecular formula is C24H24FN3O2S.